The molecule has 0 aliphatic carbocycles. The third-order valence-electron chi connectivity index (χ3n) is 1.78. The van der Waals surface area contributed by atoms with E-state index in [2.05, 4.69) is 33.6 Å². The van der Waals surface area contributed by atoms with E-state index in [1.807, 2.05) is 0 Å². The summed E-state index contributed by atoms with van der Waals surface area (Å²) >= 11 is 4.16. The lowest BCUT2D eigenvalue weighted by Gasteiger charge is -2.27. The van der Waals surface area contributed by atoms with Crippen molar-refractivity contribution in [2.45, 2.75) is 13.3 Å². The third-order valence-corrected chi connectivity index (χ3v) is 2.09. The van der Waals surface area contributed by atoms with E-state index in [0.717, 1.165) is 10.2 Å². The molecule has 0 saturated heterocycles. The van der Waals surface area contributed by atoms with Gasteiger partial charge in [-0.05, 0) is 12.7 Å². The van der Waals surface area contributed by atoms with E-state index in [4.69, 9.17) is 0 Å². The van der Waals surface area contributed by atoms with Crippen molar-refractivity contribution in [3.63, 3.8) is 0 Å². The quantitative estimate of drug-likeness (QED) is 0.452. The zero-order valence-electron chi connectivity index (χ0n) is 6.72. The van der Waals surface area contributed by atoms with Crippen molar-refractivity contribution in [2.75, 3.05) is 32.9 Å². The number of nitrogens with zero attached hydrogens (tertiary/aromatic N) is 1. The van der Waals surface area contributed by atoms with Crippen LogP contribution >= 0.6 is 12.6 Å². The molecule has 0 rings (SSSR count). The highest BCUT2D eigenvalue weighted by Crippen LogP contribution is 1.98. The summed E-state index contributed by atoms with van der Waals surface area (Å²) in [5.74, 6) is 1.02. The van der Waals surface area contributed by atoms with Crippen molar-refractivity contribution in [3.8, 4) is 0 Å². The smallest absolute Gasteiger partial charge is 0.0790 e. The molecule has 0 aliphatic rings. The van der Waals surface area contributed by atoms with Crippen LogP contribution in [-0.2, 0) is 0 Å². The van der Waals surface area contributed by atoms with E-state index >= 15 is 0 Å². The molecule has 2 heteroatoms. The average Bonchev–Trinajstić information content (AvgIpc) is 1.84. The van der Waals surface area contributed by atoms with Crippen LogP contribution in [0, 0.1) is 0 Å². The largest absolute Gasteiger partial charge is 0.329 e. The molecule has 9 heavy (non-hydrogen) atoms. The first-order chi connectivity index (χ1) is 4.12. The first kappa shape index (κ1) is 9.31. The van der Waals surface area contributed by atoms with Gasteiger partial charge in [0.2, 0.25) is 0 Å². The molecule has 56 valence electrons. The lowest BCUT2D eigenvalue weighted by Crippen LogP contribution is -2.40. The maximum absolute atomic E-state index is 4.16. The average molecular weight is 148 g/mol. The molecule has 0 amide bonds. The molecule has 0 atom stereocenters. The summed E-state index contributed by atoms with van der Waals surface area (Å²) in [6, 6.07) is 0. The summed E-state index contributed by atoms with van der Waals surface area (Å²) in [5, 5.41) is 0. The predicted molar refractivity (Wildman–Crippen MR) is 46.0 cm³/mol. The van der Waals surface area contributed by atoms with Gasteiger partial charge in [-0.15, -0.1) is 0 Å². The van der Waals surface area contributed by atoms with Crippen LogP contribution < -0.4 is 0 Å². The zero-order chi connectivity index (χ0) is 7.33. The van der Waals surface area contributed by atoms with Gasteiger partial charge >= 0.3 is 0 Å². The van der Waals surface area contributed by atoms with Crippen molar-refractivity contribution < 1.29 is 4.48 Å². The minimum Gasteiger partial charge on any atom is -0.329 e. The van der Waals surface area contributed by atoms with Crippen LogP contribution in [0.2, 0.25) is 0 Å². The SMILES string of the molecule is CC[N+](C)(C)CCCS. The highest BCUT2D eigenvalue weighted by atomic mass is 32.1. The second kappa shape index (κ2) is 4.18. The summed E-state index contributed by atoms with van der Waals surface area (Å²) in [6.45, 7) is 4.69. The molecule has 0 saturated carbocycles. The fourth-order valence-electron chi connectivity index (χ4n) is 0.657. The van der Waals surface area contributed by atoms with Crippen molar-refractivity contribution in [2.24, 2.45) is 0 Å². The Morgan fingerprint density at radius 2 is 1.89 bits per heavy atom. The minimum absolute atomic E-state index is 1.02. The molecule has 0 heterocycles. The molecule has 0 aromatic heterocycles. The normalized spacial score (nSPS) is 12.0. The Bertz CT molecular complexity index is 71.3. The predicted octanol–water partition coefficient (Wildman–Crippen LogP) is 1.40. The Morgan fingerprint density at radius 3 is 2.22 bits per heavy atom. The van der Waals surface area contributed by atoms with E-state index in [-0.39, 0.29) is 0 Å². The Labute approximate surface area is 64.1 Å². The third kappa shape index (κ3) is 4.79. The summed E-state index contributed by atoms with van der Waals surface area (Å²) in [5.41, 5.74) is 0. The van der Waals surface area contributed by atoms with E-state index < -0.39 is 0 Å². The summed E-state index contributed by atoms with van der Waals surface area (Å²) in [4.78, 5) is 0. The molecule has 0 N–H and O–H groups in total. The van der Waals surface area contributed by atoms with Gasteiger partial charge in [0, 0.05) is 6.42 Å². The van der Waals surface area contributed by atoms with Gasteiger partial charge in [-0.3, -0.25) is 0 Å². The number of hydrogen-bond donors (Lipinski definition) is 1. The summed E-state index contributed by atoms with van der Waals surface area (Å²) < 4.78 is 1.13. The topological polar surface area (TPSA) is 0 Å². The number of hydrogen-bond acceptors (Lipinski definition) is 1. The first-order valence-corrected chi connectivity index (χ1v) is 4.18. The summed E-state index contributed by atoms with van der Waals surface area (Å²) in [6.07, 6.45) is 1.23. The fourth-order valence-corrected chi connectivity index (χ4v) is 0.798. The van der Waals surface area contributed by atoms with Crippen molar-refractivity contribution >= 4 is 12.6 Å². The second-order valence-electron chi connectivity index (χ2n) is 3.05. The van der Waals surface area contributed by atoms with E-state index in [9.17, 15) is 0 Å². The van der Waals surface area contributed by atoms with E-state index in [1.54, 1.807) is 0 Å². The van der Waals surface area contributed by atoms with Crippen LogP contribution in [0.5, 0.6) is 0 Å². The molecule has 0 fully saturated rings. The van der Waals surface area contributed by atoms with Gasteiger partial charge in [0.05, 0.1) is 27.2 Å². The summed E-state index contributed by atoms with van der Waals surface area (Å²) in [7, 11) is 4.51. The van der Waals surface area contributed by atoms with Crippen LogP contribution in [-0.4, -0.2) is 37.4 Å². The van der Waals surface area contributed by atoms with Crippen molar-refractivity contribution in [3.05, 3.63) is 0 Å². The van der Waals surface area contributed by atoms with Gasteiger partial charge in [-0.2, -0.15) is 12.6 Å². The van der Waals surface area contributed by atoms with Gasteiger partial charge in [0.1, 0.15) is 0 Å². The molecule has 0 aromatic rings. The maximum Gasteiger partial charge on any atom is 0.0790 e. The van der Waals surface area contributed by atoms with Crippen molar-refractivity contribution in [1.29, 1.82) is 0 Å². The molecule has 1 nitrogen and oxygen atoms in total. The standard InChI is InChI=1S/C7H17NS/c1-4-8(2,3)6-5-7-9/h4-7H2,1-3H3/p+1. The highest BCUT2D eigenvalue weighted by Gasteiger charge is 2.08. The van der Waals surface area contributed by atoms with Crippen LogP contribution in [0.3, 0.4) is 0 Å². The highest BCUT2D eigenvalue weighted by molar-refractivity contribution is 7.80. The van der Waals surface area contributed by atoms with Gasteiger partial charge < -0.3 is 4.48 Å². The first-order valence-electron chi connectivity index (χ1n) is 3.55. The maximum atomic E-state index is 4.16. The van der Waals surface area contributed by atoms with Gasteiger partial charge in [0.25, 0.3) is 0 Å². The van der Waals surface area contributed by atoms with Gasteiger partial charge in [0.15, 0.2) is 0 Å². The number of thiol groups is 1. The molecular weight excluding hydrogens is 130 g/mol. The van der Waals surface area contributed by atoms with Crippen LogP contribution in [0.15, 0.2) is 0 Å². The van der Waals surface area contributed by atoms with Crippen LogP contribution in [0.1, 0.15) is 13.3 Å². The molecule has 0 radical (unpaired) electrons. The molecule has 0 bridgehead atoms. The second-order valence-corrected chi connectivity index (χ2v) is 3.50. The molecule has 0 aromatic carbocycles. The fraction of sp³-hybridized carbons (Fsp3) is 1.00. The molecular formula is C7H18NS+. The Hall–Kier alpha value is 0.310. The lowest BCUT2D eigenvalue weighted by molar-refractivity contribution is -0.888. The Morgan fingerprint density at radius 1 is 1.33 bits per heavy atom. The van der Waals surface area contributed by atoms with Crippen molar-refractivity contribution in [1.82, 2.24) is 0 Å². The van der Waals surface area contributed by atoms with Gasteiger partial charge in [-0.25, -0.2) is 0 Å². The number of rotatable bonds is 4. The van der Waals surface area contributed by atoms with Gasteiger partial charge in [-0.1, -0.05) is 0 Å². The lowest BCUT2D eigenvalue weighted by atomic mass is 10.4. The molecule has 0 unspecified atom stereocenters. The minimum atomic E-state index is 1.02. The van der Waals surface area contributed by atoms with Crippen LogP contribution in [0.4, 0.5) is 0 Å². The van der Waals surface area contributed by atoms with E-state index in [1.165, 1.54) is 19.5 Å². The number of quaternary nitrogens is 1. The Balaban J connectivity index is 3.33. The molecule has 0 aliphatic heterocycles. The van der Waals surface area contributed by atoms with Crippen LogP contribution in [0.25, 0.3) is 0 Å². The molecule has 0 spiro atoms. The zero-order valence-corrected chi connectivity index (χ0v) is 7.62. The van der Waals surface area contributed by atoms with E-state index in [0.29, 0.717) is 0 Å². The monoisotopic (exact) mass is 148 g/mol. The Kier molecular flexibility index (Phi) is 4.32.